The average Bonchev–Trinajstić information content (AvgIpc) is 2.04. The quantitative estimate of drug-likeness (QED) is 0.723. The van der Waals surface area contributed by atoms with Gasteiger partial charge in [-0.25, -0.2) is 0 Å². The minimum Gasteiger partial charge on any atom is -0.323 e. The van der Waals surface area contributed by atoms with Crippen molar-refractivity contribution >= 4 is 5.57 Å². The molecule has 64 valence electrons. The zero-order chi connectivity index (χ0) is 9.14. The summed E-state index contributed by atoms with van der Waals surface area (Å²) in [5.74, 6) is 0. The predicted octanol–water partition coefficient (Wildman–Crippen LogP) is 2.13. The van der Waals surface area contributed by atoms with Gasteiger partial charge in [0.05, 0.1) is 5.69 Å². The summed E-state index contributed by atoms with van der Waals surface area (Å²) in [4.78, 5) is 4.16. The molecule has 0 aromatic carbocycles. The summed E-state index contributed by atoms with van der Waals surface area (Å²) >= 11 is 0. The molecular formula is C10H14N2. The van der Waals surface area contributed by atoms with Crippen molar-refractivity contribution in [2.45, 2.75) is 19.9 Å². The van der Waals surface area contributed by atoms with Gasteiger partial charge in [0.1, 0.15) is 0 Å². The molecule has 0 saturated heterocycles. The van der Waals surface area contributed by atoms with Crippen molar-refractivity contribution in [2.24, 2.45) is 5.73 Å². The predicted molar refractivity (Wildman–Crippen MR) is 51.5 cm³/mol. The van der Waals surface area contributed by atoms with E-state index in [1.54, 1.807) is 6.20 Å². The third kappa shape index (κ3) is 1.92. The monoisotopic (exact) mass is 162 g/mol. The van der Waals surface area contributed by atoms with Crippen LogP contribution in [0.15, 0.2) is 24.9 Å². The lowest BCUT2D eigenvalue weighted by molar-refractivity contribution is 0.780. The molecule has 2 heteroatoms. The summed E-state index contributed by atoms with van der Waals surface area (Å²) in [7, 11) is 0. The molecule has 1 heterocycles. The summed E-state index contributed by atoms with van der Waals surface area (Å²) in [6, 6.07) is 3.91. The first-order valence-electron chi connectivity index (χ1n) is 3.98. The molecule has 1 unspecified atom stereocenters. The zero-order valence-electron chi connectivity index (χ0n) is 7.54. The molecule has 2 nitrogen and oxygen atoms in total. The van der Waals surface area contributed by atoms with Crippen molar-refractivity contribution in [3.63, 3.8) is 0 Å². The fraction of sp³-hybridized carbons (Fsp3) is 0.300. The number of nitrogens with two attached hydrogens (primary N) is 1. The summed E-state index contributed by atoms with van der Waals surface area (Å²) in [6.07, 6.45) is 1.77. The fourth-order valence-corrected chi connectivity index (χ4v) is 0.963. The van der Waals surface area contributed by atoms with Gasteiger partial charge in [-0.1, -0.05) is 12.2 Å². The van der Waals surface area contributed by atoms with Crippen LogP contribution >= 0.6 is 0 Å². The SMILES string of the molecule is C=C(C)c1ccnc(C(C)N)c1. The van der Waals surface area contributed by atoms with Crippen molar-refractivity contribution in [3.05, 3.63) is 36.2 Å². The lowest BCUT2D eigenvalue weighted by Crippen LogP contribution is -2.07. The van der Waals surface area contributed by atoms with Crippen molar-refractivity contribution < 1.29 is 0 Å². The van der Waals surface area contributed by atoms with Gasteiger partial charge >= 0.3 is 0 Å². The van der Waals surface area contributed by atoms with Crippen LogP contribution in [-0.4, -0.2) is 4.98 Å². The molecular weight excluding hydrogens is 148 g/mol. The van der Waals surface area contributed by atoms with Gasteiger partial charge in [0.25, 0.3) is 0 Å². The standard InChI is InChI=1S/C10H14N2/c1-7(2)9-4-5-12-10(6-9)8(3)11/h4-6,8H,1,11H2,2-3H3. The summed E-state index contributed by atoms with van der Waals surface area (Å²) in [5.41, 5.74) is 8.75. The van der Waals surface area contributed by atoms with Gasteiger partial charge in [0.15, 0.2) is 0 Å². The van der Waals surface area contributed by atoms with E-state index in [0.717, 1.165) is 16.8 Å². The normalized spacial score (nSPS) is 12.6. The summed E-state index contributed by atoms with van der Waals surface area (Å²) in [5, 5.41) is 0. The number of pyridine rings is 1. The lowest BCUT2D eigenvalue weighted by atomic mass is 10.1. The van der Waals surface area contributed by atoms with Crippen LogP contribution < -0.4 is 5.73 Å². The van der Waals surface area contributed by atoms with Gasteiger partial charge in [-0.15, -0.1) is 0 Å². The first kappa shape index (κ1) is 8.94. The van der Waals surface area contributed by atoms with Crippen LogP contribution in [0.3, 0.4) is 0 Å². The van der Waals surface area contributed by atoms with E-state index >= 15 is 0 Å². The molecule has 0 aliphatic heterocycles. The Morgan fingerprint density at radius 3 is 2.83 bits per heavy atom. The molecule has 1 rings (SSSR count). The molecule has 0 spiro atoms. The number of rotatable bonds is 2. The Morgan fingerprint density at radius 2 is 2.33 bits per heavy atom. The van der Waals surface area contributed by atoms with Crippen molar-refractivity contribution in [2.75, 3.05) is 0 Å². The Labute approximate surface area is 73.1 Å². The number of hydrogen-bond acceptors (Lipinski definition) is 2. The molecule has 1 atom stereocenters. The molecule has 1 aromatic heterocycles. The summed E-state index contributed by atoms with van der Waals surface area (Å²) < 4.78 is 0. The highest BCUT2D eigenvalue weighted by Gasteiger charge is 2.01. The van der Waals surface area contributed by atoms with E-state index in [2.05, 4.69) is 11.6 Å². The average molecular weight is 162 g/mol. The van der Waals surface area contributed by atoms with Crippen LogP contribution in [0.4, 0.5) is 0 Å². The molecule has 12 heavy (non-hydrogen) atoms. The second-order valence-corrected chi connectivity index (χ2v) is 3.04. The molecule has 0 fully saturated rings. The van der Waals surface area contributed by atoms with Crippen molar-refractivity contribution in [1.29, 1.82) is 0 Å². The molecule has 0 bridgehead atoms. The van der Waals surface area contributed by atoms with Crippen molar-refractivity contribution in [3.8, 4) is 0 Å². The highest BCUT2D eigenvalue weighted by molar-refractivity contribution is 5.61. The molecule has 0 saturated carbocycles. The van der Waals surface area contributed by atoms with E-state index in [1.165, 1.54) is 0 Å². The third-order valence-electron chi connectivity index (χ3n) is 1.74. The molecule has 2 N–H and O–H groups in total. The van der Waals surface area contributed by atoms with Gasteiger partial charge in [0, 0.05) is 12.2 Å². The van der Waals surface area contributed by atoms with Gasteiger partial charge in [0.2, 0.25) is 0 Å². The fourth-order valence-electron chi connectivity index (χ4n) is 0.963. The van der Waals surface area contributed by atoms with Gasteiger partial charge in [-0.2, -0.15) is 0 Å². The maximum atomic E-state index is 5.69. The maximum Gasteiger partial charge on any atom is 0.0574 e. The molecule has 0 amide bonds. The van der Waals surface area contributed by atoms with Crippen molar-refractivity contribution in [1.82, 2.24) is 4.98 Å². The highest BCUT2D eigenvalue weighted by atomic mass is 14.7. The second-order valence-electron chi connectivity index (χ2n) is 3.04. The second kappa shape index (κ2) is 3.50. The van der Waals surface area contributed by atoms with Crippen LogP contribution in [0.1, 0.15) is 31.1 Å². The largest absolute Gasteiger partial charge is 0.323 e. The van der Waals surface area contributed by atoms with Crippen LogP contribution in [-0.2, 0) is 0 Å². The Bertz CT molecular complexity index is 290. The Morgan fingerprint density at radius 1 is 1.67 bits per heavy atom. The van der Waals surface area contributed by atoms with E-state index in [0.29, 0.717) is 0 Å². The van der Waals surface area contributed by atoms with Gasteiger partial charge in [-0.3, -0.25) is 4.98 Å². The zero-order valence-corrected chi connectivity index (χ0v) is 7.54. The van der Waals surface area contributed by atoms with E-state index in [9.17, 15) is 0 Å². The van der Waals surface area contributed by atoms with E-state index in [4.69, 9.17) is 5.73 Å². The minimum atomic E-state index is -0.00991. The highest BCUT2D eigenvalue weighted by Crippen LogP contribution is 2.14. The van der Waals surface area contributed by atoms with Gasteiger partial charge in [-0.05, 0) is 31.5 Å². The maximum absolute atomic E-state index is 5.69. The first-order valence-corrected chi connectivity index (χ1v) is 3.98. The molecule has 1 aromatic rings. The molecule has 0 aliphatic rings. The number of nitrogens with zero attached hydrogens (tertiary/aromatic N) is 1. The number of aromatic nitrogens is 1. The van der Waals surface area contributed by atoms with E-state index in [1.807, 2.05) is 26.0 Å². The minimum absolute atomic E-state index is 0.00991. The Hall–Kier alpha value is -1.15. The van der Waals surface area contributed by atoms with Crippen LogP contribution in [0.2, 0.25) is 0 Å². The number of allylic oxidation sites excluding steroid dienone is 1. The third-order valence-corrected chi connectivity index (χ3v) is 1.74. The Kier molecular flexibility index (Phi) is 2.61. The summed E-state index contributed by atoms with van der Waals surface area (Å²) in [6.45, 7) is 7.75. The van der Waals surface area contributed by atoms with Gasteiger partial charge < -0.3 is 5.73 Å². The Balaban J connectivity index is 3.04. The van der Waals surface area contributed by atoms with Crippen LogP contribution in [0.25, 0.3) is 5.57 Å². The molecule has 0 aliphatic carbocycles. The molecule has 0 radical (unpaired) electrons. The topological polar surface area (TPSA) is 38.9 Å². The smallest absolute Gasteiger partial charge is 0.0574 e. The number of hydrogen-bond donors (Lipinski definition) is 1. The first-order chi connectivity index (χ1) is 5.61. The van der Waals surface area contributed by atoms with E-state index < -0.39 is 0 Å². The van der Waals surface area contributed by atoms with Crippen LogP contribution in [0, 0.1) is 0 Å². The van der Waals surface area contributed by atoms with Crippen LogP contribution in [0.5, 0.6) is 0 Å². The van der Waals surface area contributed by atoms with E-state index in [-0.39, 0.29) is 6.04 Å². The lowest BCUT2D eigenvalue weighted by Gasteiger charge is -2.06.